The Labute approximate surface area is 114 Å². The summed E-state index contributed by atoms with van der Waals surface area (Å²) in [6.07, 6.45) is 2.99. The van der Waals surface area contributed by atoms with Crippen molar-refractivity contribution in [2.24, 2.45) is 5.92 Å². The van der Waals surface area contributed by atoms with Crippen LogP contribution < -0.4 is 5.32 Å². The summed E-state index contributed by atoms with van der Waals surface area (Å²) in [4.78, 5) is 26.0. The van der Waals surface area contributed by atoms with E-state index in [0.717, 1.165) is 6.42 Å². The third-order valence-electron chi connectivity index (χ3n) is 3.43. The van der Waals surface area contributed by atoms with Crippen molar-refractivity contribution in [3.63, 3.8) is 0 Å². The van der Waals surface area contributed by atoms with E-state index >= 15 is 0 Å². The molecule has 4 nitrogen and oxygen atoms in total. The molecule has 0 saturated carbocycles. The van der Waals surface area contributed by atoms with E-state index in [1.54, 1.807) is 23.6 Å². The number of hydrogen-bond acceptors (Lipinski definition) is 3. The molecule has 0 aromatic carbocycles. The van der Waals surface area contributed by atoms with E-state index in [2.05, 4.69) is 18.5 Å². The van der Waals surface area contributed by atoms with Crippen LogP contribution in [-0.4, -0.2) is 46.8 Å². The van der Waals surface area contributed by atoms with Crippen molar-refractivity contribution in [3.8, 4) is 0 Å². The Morgan fingerprint density at radius 2 is 1.94 bits per heavy atom. The van der Waals surface area contributed by atoms with Gasteiger partial charge in [0.25, 0.3) is 0 Å². The van der Waals surface area contributed by atoms with E-state index in [-0.39, 0.29) is 23.8 Å². The van der Waals surface area contributed by atoms with Crippen molar-refractivity contribution in [3.05, 3.63) is 0 Å². The zero-order chi connectivity index (χ0) is 13.9. The zero-order valence-electron chi connectivity index (χ0n) is 11.9. The van der Waals surface area contributed by atoms with Crippen LogP contribution in [0.3, 0.4) is 0 Å². The first-order chi connectivity index (χ1) is 8.38. The van der Waals surface area contributed by atoms with Crippen molar-refractivity contribution >= 4 is 23.6 Å². The van der Waals surface area contributed by atoms with E-state index in [1.807, 2.05) is 13.8 Å². The van der Waals surface area contributed by atoms with Crippen LogP contribution in [0.5, 0.6) is 0 Å². The highest BCUT2D eigenvalue weighted by molar-refractivity contribution is 7.99. The monoisotopic (exact) mass is 272 g/mol. The number of amides is 2. The van der Waals surface area contributed by atoms with E-state index < -0.39 is 6.04 Å². The lowest BCUT2D eigenvalue weighted by Gasteiger charge is -2.40. The second kappa shape index (κ2) is 6.45. The Balaban J connectivity index is 2.78. The number of hydrogen-bond donors (Lipinski definition) is 1. The molecule has 3 unspecified atom stereocenters. The molecule has 0 aromatic rings. The second-order valence-electron chi connectivity index (χ2n) is 5.29. The van der Waals surface area contributed by atoms with Gasteiger partial charge in [-0.25, -0.2) is 0 Å². The Kier molecular flexibility index (Phi) is 5.50. The van der Waals surface area contributed by atoms with Gasteiger partial charge < -0.3 is 10.2 Å². The molecule has 0 bridgehead atoms. The molecule has 0 radical (unpaired) electrons. The molecular weight excluding hydrogens is 248 g/mol. The van der Waals surface area contributed by atoms with Gasteiger partial charge in [-0.05, 0) is 25.5 Å². The highest BCUT2D eigenvalue weighted by atomic mass is 32.2. The van der Waals surface area contributed by atoms with Crippen molar-refractivity contribution in [2.45, 2.75) is 51.4 Å². The zero-order valence-corrected chi connectivity index (χ0v) is 12.7. The first-order valence-corrected chi connectivity index (χ1v) is 7.81. The minimum Gasteiger partial charge on any atom is -0.343 e. The van der Waals surface area contributed by atoms with Crippen LogP contribution >= 0.6 is 11.8 Å². The molecule has 5 heteroatoms. The molecule has 3 atom stereocenters. The second-order valence-corrected chi connectivity index (χ2v) is 6.56. The highest BCUT2D eigenvalue weighted by Gasteiger charge is 2.39. The van der Waals surface area contributed by atoms with Crippen molar-refractivity contribution < 1.29 is 9.59 Å². The highest BCUT2D eigenvalue weighted by Crippen LogP contribution is 2.19. The smallest absolute Gasteiger partial charge is 0.245 e. The maximum atomic E-state index is 12.2. The number of thioether (sulfide) groups is 1. The van der Waals surface area contributed by atoms with Gasteiger partial charge in [-0.15, -0.1) is 0 Å². The Morgan fingerprint density at radius 3 is 2.44 bits per heavy atom. The molecule has 1 saturated heterocycles. The predicted molar refractivity (Wildman–Crippen MR) is 75.5 cm³/mol. The van der Waals surface area contributed by atoms with Gasteiger partial charge >= 0.3 is 0 Å². The molecule has 2 amide bonds. The summed E-state index contributed by atoms with van der Waals surface area (Å²) in [5.74, 6) is 0.168. The van der Waals surface area contributed by atoms with Crippen LogP contribution in [0.4, 0.5) is 0 Å². The number of nitrogens with zero attached hydrogens (tertiary/aromatic N) is 1. The molecule has 1 rings (SSSR count). The predicted octanol–water partition coefficient (Wildman–Crippen LogP) is 1.50. The largest absolute Gasteiger partial charge is 0.343 e. The van der Waals surface area contributed by atoms with Gasteiger partial charge in [0, 0.05) is 11.8 Å². The molecule has 1 heterocycles. The molecule has 1 aliphatic rings. The topological polar surface area (TPSA) is 49.4 Å². The van der Waals surface area contributed by atoms with Gasteiger partial charge in [-0.3, -0.25) is 9.59 Å². The van der Waals surface area contributed by atoms with Crippen LogP contribution in [0.25, 0.3) is 0 Å². The number of carbonyl (C=O) groups is 2. The minimum absolute atomic E-state index is 0.0195. The first-order valence-electron chi connectivity index (χ1n) is 6.52. The fourth-order valence-electron chi connectivity index (χ4n) is 2.24. The van der Waals surface area contributed by atoms with Gasteiger partial charge in [0.15, 0.2) is 0 Å². The number of rotatable bonds is 5. The average Bonchev–Trinajstić information content (AvgIpc) is 2.30. The first kappa shape index (κ1) is 15.3. The van der Waals surface area contributed by atoms with Gasteiger partial charge in [-0.1, -0.05) is 20.8 Å². The Bertz CT molecular complexity index is 320. The molecule has 104 valence electrons. The quantitative estimate of drug-likeness (QED) is 0.825. The molecule has 1 fully saturated rings. The SMILES string of the molecule is CSC(C)CCN1C(=O)C(C)NC(=O)C1C(C)C. The number of nitrogens with one attached hydrogen (secondary N) is 1. The molecule has 0 spiro atoms. The number of carbonyl (C=O) groups excluding carboxylic acids is 2. The molecule has 18 heavy (non-hydrogen) atoms. The van der Waals surface area contributed by atoms with Crippen LogP contribution in [0.1, 0.15) is 34.1 Å². The van der Waals surface area contributed by atoms with Gasteiger partial charge in [0.1, 0.15) is 12.1 Å². The molecule has 1 aliphatic heterocycles. The van der Waals surface area contributed by atoms with E-state index in [0.29, 0.717) is 11.8 Å². The standard InChI is InChI=1S/C13H24N2O2S/c1-8(2)11-12(16)14-10(4)13(17)15(11)7-6-9(3)18-5/h8-11H,6-7H2,1-5H3,(H,14,16). The summed E-state index contributed by atoms with van der Waals surface area (Å²) in [6.45, 7) is 8.53. The summed E-state index contributed by atoms with van der Waals surface area (Å²) < 4.78 is 0. The van der Waals surface area contributed by atoms with Gasteiger partial charge in [0.2, 0.25) is 11.8 Å². The summed E-state index contributed by atoms with van der Waals surface area (Å²) in [7, 11) is 0. The van der Waals surface area contributed by atoms with Gasteiger partial charge in [0.05, 0.1) is 0 Å². The fourth-order valence-corrected chi connectivity index (χ4v) is 2.58. The van der Waals surface area contributed by atoms with E-state index in [1.165, 1.54) is 0 Å². The van der Waals surface area contributed by atoms with Gasteiger partial charge in [-0.2, -0.15) is 11.8 Å². The lowest BCUT2D eigenvalue weighted by Crippen LogP contribution is -2.64. The third kappa shape index (κ3) is 3.40. The van der Waals surface area contributed by atoms with E-state index in [9.17, 15) is 9.59 Å². The summed E-state index contributed by atoms with van der Waals surface area (Å²) in [5.41, 5.74) is 0. The minimum atomic E-state index is -0.392. The molecule has 1 N–H and O–H groups in total. The summed E-state index contributed by atoms with van der Waals surface area (Å²) in [6, 6.07) is -0.708. The van der Waals surface area contributed by atoms with Crippen molar-refractivity contribution in [2.75, 3.05) is 12.8 Å². The molecule has 0 aliphatic carbocycles. The normalized spacial score (nSPS) is 26.4. The van der Waals surface area contributed by atoms with Crippen molar-refractivity contribution in [1.82, 2.24) is 10.2 Å². The fraction of sp³-hybridized carbons (Fsp3) is 0.846. The summed E-state index contributed by atoms with van der Waals surface area (Å²) in [5, 5.41) is 3.26. The average molecular weight is 272 g/mol. The maximum Gasteiger partial charge on any atom is 0.245 e. The van der Waals surface area contributed by atoms with Crippen molar-refractivity contribution in [1.29, 1.82) is 0 Å². The van der Waals surface area contributed by atoms with Crippen LogP contribution in [0.2, 0.25) is 0 Å². The van der Waals surface area contributed by atoms with Crippen LogP contribution in [0, 0.1) is 5.92 Å². The summed E-state index contributed by atoms with van der Waals surface area (Å²) >= 11 is 1.79. The molecular formula is C13H24N2O2S. The number of piperazine rings is 1. The Morgan fingerprint density at radius 1 is 1.33 bits per heavy atom. The maximum absolute atomic E-state index is 12.2. The Hall–Kier alpha value is -0.710. The van der Waals surface area contributed by atoms with Crippen LogP contribution in [0.15, 0.2) is 0 Å². The molecule has 0 aromatic heterocycles. The lowest BCUT2D eigenvalue weighted by atomic mass is 9.97. The third-order valence-corrected chi connectivity index (χ3v) is 4.47. The lowest BCUT2D eigenvalue weighted by molar-refractivity contribution is -0.150. The van der Waals surface area contributed by atoms with E-state index in [4.69, 9.17) is 0 Å². The van der Waals surface area contributed by atoms with Crippen LogP contribution in [-0.2, 0) is 9.59 Å².